The highest BCUT2D eigenvalue weighted by Crippen LogP contribution is 2.30. The Morgan fingerprint density at radius 3 is 3.36 bits per heavy atom. The molecule has 3 rings (SSSR count). The summed E-state index contributed by atoms with van der Waals surface area (Å²) < 4.78 is 2.22. The van der Waals surface area contributed by atoms with Crippen LogP contribution in [0.1, 0.15) is 5.69 Å². The van der Waals surface area contributed by atoms with Gasteiger partial charge in [0.15, 0.2) is 5.16 Å². The molecule has 0 unspecified atom stereocenters. The Kier molecular flexibility index (Phi) is 2.71. The Labute approximate surface area is 92.6 Å². The minimum absolute atomic E-state index is 0. The van der Waals surface area contributed by atoms with Gasteiger partial charge in [0.25, 0.3) is 0 Å². The highest BCUT2D eigenvalue weighted by molar-refractivity contribution is 8.02. The molecule has 0 fully saturated rings. The van der Waals surface area contributed by atoms with Crippen LogP contribution in [0, 0.1) is 0 Å². The first-order valence-electron chi connectivity index (χ1n) is 4.31. The van der Waals surface area contributed by atoms with Gasteiger partial charge >= 0.3 is 0 Å². The molecular formula is C8H11ClN4S. The second-order valence-corrected chi connectivity index (χ2v) is 3.94. The number of imidazole rings is 1. The first-order valence-corrected chi connectivity index (χ1v) is 5.19. The Morgan fingerprint density at radius 1 is 1.50 bits per heavy atom. The molecule has 3 heterocycles. The number of fused-ring (bicyclic) bond motifs is 3. The van der Waals surface area contributed by atoms with E-state index in [0.29, 0.717) is 0 Å². The Bertz CT molecular complexity index is 374. The normalized spacial score (nSPS) is 17.7. The molecule has 2 N–H and O–H groups in total. The number of rotatable bonds is 0. The molecule has 0 bridgehead atoms. The molecule has 4 nitrogen and oxygen atoms in total. The number of allylic oxidation sites excluding steroid dienone is 1. The number of halogens is 1. The lowest BCUT2D eigenvalue weighted by Crippen LogP contribution is -2.28. The lowest BCUT2D eigenvalue weighted by molar-refractivity contribution is 0.679. The molecule has 0 saturated heterocycles. The zero-order valence-corrected chi connectivity index (χ0v) is 9.12. The zero-order chi connectivity index (χ0) is 8.67. The molecule has 76 valence electrons. The van der Waals surface area contributed by atoms with Gasteiger partial charge in [-0.05, 0) is 5.41 Å². The van der Waals surface area contributed by atoms with Crippen molar-refractivity contribution in [2.45, 2.75) is 18.2 Å². The van der Waals surface area contributed by atoms with Crippen molar-refractivity contribution in [1.29, 1.82) is 0 Å². The van der Waals surface area contributed by atoms with Crippen LogP contribution in [0.15, 0.2) is 16.6 Å². The topological polar surface area (TPSA) is 41.9 Å². The number of nitrogens with zero attached hydrogens (tertiary/aromatic N) is 2. The van der Waals surface area contributed by atoms with Gasteiger partial charge in [0.1, 0.15) is 5.82 Å². The predicted octanol–water partition coefficient (Wildman–Crippen LogP) is 1.40. The quantitative estimate of drug-likeness (QED) is 0.707. The van der Waals surface area contributed by atoms with Crippen LogP contribution in [0.25, 0.3) is 0 Å². The van der Waals surface area contributed by atoms with Crippen molar-refractivity contribution in [2.75, 3.05) is 12.0 Å². The van der Waals surface area contributed by atoms with Crippen LogP contribution in [-0.4, -0.2) is 16.2 Å². The number of hydrogen-bond donors (Lipinski definition) is 2. The molecule has 1 aromatic rings. The van der Waals surface area contributed by atoms with Crippen LogP contribution in [0.4, 0.5) is 5.82 Å². The fourth-order valence-corrected chi connectivity index (χ4v) is 2.40. The molecule has 0 atom stereocenters. The van der Waals surface area contributed by atoms with Gasteiger partial charge in [-0.2, -0.15) is 0 Å². The van der Waals surface area contributed by atoms with Crippen molar-refractivity contribution in [1.82, 2.24) is 14.9 Å². The van der Waals surface area contributed by atoms with E-state index >= 15 is 0 Å². The van der Waals surface area contributed by atoms with Crippen LogP contribution < -0.4 is 10.6 Å². The molecule has 1 aromatic heterocycles. The molecule has 0 aromatic carbocycles. The summed E-state index contributed by atoms with van der Waals surface area (Å²) >= 11 is 1.69. The average Bonchev–Trinajstić information content (AvgIpc) is 2.56. The van der Waals surface area contributed by atoms with Gasteiger partial charge in [-0.1, -0.05) is 17.8 Å². The summed E-state index contributed by atoms with van der Waals surface area (Å²) in [6.45, 7) is 2.66. The maximum absolute atomic E-state index is 4.54. The Balaban J connectivity index is 0.000000750. The van der Waals surface area contributed by atoms with Crippen molar-refractivity contribution in [2.24, 2.45) is 0 Å². The number of nitrogens with one attached hydrogen (secondary N) is 2. The summed E-state index contributed by atoms with van der Waals surface area (Å²) in [5.41, 5.74) is 1.14. The van der Waals surface area contributed by atoms with E-state index in [0.717, 1.165) is 30.6 Å². The van der Waals surface area contributed by atoms with Crippen molar-refractivity contribution in [3.8, 4) is 0 Å². The summed E-state index contributed by atoms with van der Waals surface area (Å²) in [7, 11) is 0. The van der Waals surface area contributed by atoms with Crippen LogP contribution >= 0.6 is 24.2 Å². The second kappa shape index (κ2) is 3.84. The summed E-state index contributed by atoms with van der Waals surface area (Å²) in [6, 6.07) is 0. The largest absolute Gasteiger partial charge is 0.357 e. The van der Waals surface area contributed by atoms with Crippen molar-refractivity contribution in [3.05, 3.63) is 17.2 Å². The Hall–Kier alpha value is -0.650. The molecule has 0 radical (unpaired) electrons. The fraction of sp³-hybridized carbons (Fsp3) is 0.375. The predicted molar refractivity (Wildman–Crippen MR) is 59.8 cm³/mol. The average molecular weight is 231 g/mol. The minimum Gasteiger partial charge on any atom is -0.357 e. The molecule has 2 aliphatic rings. The standard InChI is InChI=1S/C8H10N4S.ClH/c1-2-12-7-6(4-9-5-10-7)11-8(12)13-3-1;/h1,3,9-10H,2,4-5H2;1H. The second-order valence-electron chi connectivity index (χ2n) is 3.07. The van der Waals surface area contributed by atoms with Crippen molar-refractivity contribution in [3.63, 3.8) is 0 Å². The van der Waals surface area contributed by atoms with E-state index in [9.17, 15) is 0 Å². The van der Waals surface area contributed by atoms with E-state index in [4.69, 9.17) is 0 Å². The van der Waals surface area contributed by atoms with E-state index in [1.54, 1.807) is 11.8 Å². The molecule has 14 heavy (non-hydrogen) atoms. The van der Waals surface area contributed by atoms with E-state index in [1.165, 1.54) is 5.82 Å². The molecule has 0 aliphatic carbocycles. The molecule has 0 saturated carbocycles. The van der Waals surface area contributed by atoms with Crippen molar-refractivity contribution < 1.29 is 0 Å². The maximum atomic E-state index is 4.54. The third-order valence-electron chi connectivity index (χ3n) is 2.24. The van der Waals surface area contributed by atoms with Gasteiger partial charge in [0, 0.05) is 13.1 Å². The lowest BCUT2D eigenvalue weighted by atomic mass is 10.4. The van der Waals surface area contributed by atoms with Gasteiger partial charge in [0.05, 0.1) is 12.4 Å². The summed E-state index contributed by atoms with van der Waals surface area (Å²) in [5.74, 6) is 1.19. The van der Waals surface area contributed by atoms with Gasteiger partial charge in [-0.15, -0.1) is 12.4 Å². The Morgan fingerprint density at radius 2 is 2.43 bits per heavy atom. The SMILES string of the molecule is C1=CSc2nc3c(n2C1)NCNC3.Cl. The van der Waals surface area contributed by atoms with Gasteiger partial charge < -0.3 is 9.88 Å². The van der Waals surface area contributed by atoms with E-state index in [2.05, 4.69) is 31.7 Å². The zero-order valence-electron chi connectivity index (χ0n) is 7.49. The van der Waals surface area contributed by atoms with Crippen LogP contribution in [0.3, 0.4) is 0 Å². The van der Waals surface area contributed by atoms with E-state index in [1.807, 2.05) is 0 Å². The van der Waals surface area contributed by atoms with Crippen LogP contribution in [0.2, 0.25) is 0 Å². The smallest absolute Gasteiger partial charge is 0.174 e. The first kappa shape index (κ1) is 9.89. The van der Waals surface area contributed by atoms with Crippen LogP contribution in [0.5, 0.6) is 0 Å². The van der Waals surface area contributed by atoms with Gasteiger partial charge in [0.2, 0.25) is 0 Å². The third kappa shape index (κ3) is 1.41. The molecule has 0 spiro atoms. The van der Waals surface area contributed by atoms with Crippen LogP contribution in [-0.2, 0) is 13.1 Å². The maximum Gasteiger partial charge on any atom is 0.174 e. The molecule has 6 heteroatoms. The monoisotopic (exact) mass is 230 g/mol. The van der Waals surface area contributed by atoms with Gasteiger partial charge in [-0.3, -0.25) is 5.32 Å². The lowest BCUT2D eigenvalue weighted by Gasteiger charge is -2.17. The number of aromatic nitrogens is 2. The first-order chi connectivity index (χ1) is 6.45. The molecular weight excluding hydrogens is 220 g/mol. The molecule has 2 aliphatic heterocycles. The van der Waals surface area contributed by atoms with E-state index < -0.39 is 0 Å². The highest BCUT2D eigenvalue weighted by Gasteiger charge is 2.19. The number of anilines is 1. The van der Waals surface area contributed by atoms with Crippen molar-refractivity contribution >= 4 is 30.0 Å². The third-order valence-corrected chi connectivity index (χ3v) is 3.09. The summed E-state index contributed by atoms with van der Waals surface area (Å²) in [6.07, 6.45) is 2.16. The minimum atomic E-state index is 0. The molecule has 0 amide bonds. The fourth-order valence-electron chi connectivity index (χ4n) is 1.64. The summed E-state index contributed by atoms with van der Waals surface area (Å²) in [4.78, 5) is 4.54. The van der Waals surface area contributed by atoms with Gasteiger partial charge in [-0.25, -0.2) is 4.98 Å². The summed E-state index contributed by atoms with van der Waals surface area (Å²) in [5, 5.41) is 9.75. The number of thioether (sulfide) groups is 1. The van der Waals surface area contributed by atoms with E-state index in [-0.39, 0.29) is 12.4 Å². The highest BCUT2D eigenvalue weighted by atomic mass is 35.5. The number of hydrogen-bond acceptors (Lipinski definition) is 4.